The number of carbonyl (C=O) groups is 1. The van der Waals surface area contributed by atoms with Gasteiger partial charge in [-0.3, -0.25) is 4.79 Å². The fraction of sp³-hybridized carbons (Fsp3) is 0.0625. The molecule has 0 aliphatic heterocycles. The minimum Gasteiger partial charge on any atom is -0.506 e. The number of azo groups is 1. The highest BCUT2D eigenvalue weighted by molar-refractivity contribution is 14.1. The Labute approximate surface area is 178 Å². The van der Waals surface area contributed by atoms with Gasteiger partial charge in [0.25, 0.3) is 5.91 Å². The first kappa shape index (κ1) is 18.6. The van der Waals surface area contributed by atoms with E-state index in [1.54, 1.807) is 29.8 Å². The lowest BCUT2D eigenvalue weighted by atomic mass is 10.2. The van der Waals surface area contributed by atoms with Gasteiger partial charge in [-0.15, -0.1) is 10.2 Å². The Bertz CT molecular complexity index is 1050. The van der Waals surface area contributed by atoms with Gasteiger partial charge >= 0.3 is 0 Å². The van der Waals surface area contributed by atoms with E-state index < -0.39 is 5.91 Å². The number of aryl methyl sites for hydroxylation is 1. The molecule has 0 aliphatic rings. The van der Waals surface area contributed by atoms with E-state index in [1.807, 2.05) is 34.7 Å². The molecule has 2 N–H and O–H groups in total. The average molecular weight is 626 g/mol. The SMILES string of the molecule is Cn1c(O)c(N=NC(=O)c2cc(I)cc(I)c2O)c2cc(Br)ccc21. The van der Waals surface area contributed by atoms with Gasteiger partial charge in [-0.25, -0.2) is 0 Å². The monoisotopic (exact) mass is 625 g/mol. The molecular formula is C16H10BrI2N3O3. The molecule has 128 valence electrons. The quantitative estimate of drug-likeness (QED) is 0.292. The largest absolute Gasteiger partial charge is 0.506 e. The second-order valence-electron chi connectivity index (χ2n) is 5.18. The zero-order valence-corrected chi connectivity index (χ0v) is 18.6. The van der Waals surface area contributed by atoms with Crippen LogP contribution in [0.2, 0.25) is 0 Å². The van der Waals surface area contributed by atoms with E-state index in [4.69, 9.17) is 0 Å². The molecule has 0 saturated heterocycles. The van der Waals surface area contributed by atoms with Crippen molar-refractivity contribution in [3.05, 3.63) is 47.5 Å². The van der Waals surface area contributed by atoms with E-state index >= 15 is 0 Å². The number of nitrogens with zero attached hydrogens (tertiary/aromatic N) is 3. The maximum Gasteiger partial charge on any atom is 0.299 e. The molecule has 0 fully saturated rings. The van der Waals surface area contributed by atoms with Crippen molar-refractivity contribution in [1.29, 1.82) is 0 Å². The lowest BCUT2D eigenvalue weighted by molar-refractivity contribution is 0.0992. The summed E-state index contributed by atoms with van der Waals surface area (Å²) in [5.41, 5.74) is 1.03. The van der Waals surface area contributed by atoms with Crippen molar-refractivity contribution in [1.82, 2.24) is 4.57 Å². The number of hydrogen-bond donors (Lipinski definition) is 2. The van der Waals surface area contributed by atoms with Crippen LogP contribution in [0, 0.1) is 7.14 Å². The van der Waals surface area contributed by atoms with Gasteiger partial charge in [-0.05, 0) is 75.5 Å². The first-order valence-corrected chi connectivity index (χ1v) is 9.85. The fourth-order valence-electron chi connectivity index (χ4n) is 2.36. The van der Waals surface area contributed by atoms with Crippen molar-refractivity contribution >= 4 is 83.6 Å². The summed E-state index contributed by atoms with van der Waals surface area (Å²) in [5, 5.41) is 28.6. The third-order valence-corrected chi connectivity index (χ3v) is 5.54. The van der Waals surface area contributed by atoms with Gasteiger partial charge < -0.3 is 14.8 Å². The Kier molecular flexibility index (Phi) is 5.34. The summed E-state index contributed by atoms with van der Waals surface area (Å²) in [6.07, 6.45) is 0. The number of aromatic hydroxyl groups is 2. The van der Waals surface area contributed by atoms with Crippen LogP contribution in [-0.2, 0) is 7.05 Å². The van der Waals surface area contributed by atoms with Gasteiger partial charge in [0.05, 0.1) is 14.7 Å². The van der Waals surface area contributed by atoms with Crippen molar-refractivity contribution in [2.45, 2.75) is 0 Å². The van der Waals surface area contributed by atoms with Crippen molar-refractivity contribution in [3.8, 4) is 11.6 Å². The molecule has 1 heterocycles. The first-order valence-electron chi connectivity index (χ1n) is 6.90. The van der Waals surface area contributed by atoms with Gasteiger partial charge in [0, 0.05) is 20.5 Å². The number of phenolic OH excluding ortho intramolecular Hbond substituents is 1. The molecule has 0 bridgehead atoms. The maximum atomic E-state index is 12.3. The minimum absolute atomic E-state index is 0.0703. The molecular weight excluding hydrogens is 616 g/mol. The molecule has 1 amide bonds. The Morgan fingerprint density at radius 2 is 1.92 bits per heavy atom. The molecule has 0 radical (unpaired) electrons. The molecule has 0 atom stereocenters. The molecule has 3 rings (SSSR count). The topological polar surface area (TPSA) is 87.2 Å². The Balaban J connectivity index is 2.06. The van der Waals surface area contributed by atoms with Crippen molar-refractivity contribution in [2.75, 3.05) is 0 Å². The maximum absolute atomic E-state index is 12.3. The van der Waals surface area contributed by atoms with E-state index in [1.165, 1.54) is 0 Å². The van der Waals surface area contributed by atoms with Gasteiger partial charge in [0.1, 0.15) is 5.75 Å². The normalized spacial score (nSPS) is 11.5. The predicted molar refractivity (Wildman–Crippen MR) is 115 cm³/mol. The Morgan fingerprint density at radius 1 is 1.20 bits per heavy atom. The van der Waals surface area contributed by atoms with Gasteiger partial charge in [-0.1, -0.05) is 15.9 Å². The second kappa shape index (κ2) is 7.19. The number of aromatic nitrogens is 1. The van der Waals surface area contributed by atoms with E-state index in [0.717, 1.165) is 13.6 Å². The predicted octanol–water partition coefficient (Wildman–Crippen LogP) is 5.49. The Morgan fingerprint density at radius 3 is 2.64 bits per heavy atom. The van der Waals surface area contributed by atoms with Gasteiger partial charge in [0.2, 0.25) is 5.88 Å². The third-order valence-electron chi connectivity index (χ3n) is 3.60. The molecule has 3 aromatic rings. The number of fused-ring (bicyclic) bond motifs is 1. The summed E-state index contributed by atoms with van der Waals surface area (Å²) in [6, 6.07) is 8.75. The zero-order valence-electron chi connectivity index (χ0n) is 12.7. The van der Waals surface area contributed by atoms with Crippen LogP contribution >= 0.6 is 61.1 Å². The smallest absolute Gasteiger partial charge is 0.299 e. The van der Waals surface area contributed by atoms with E-state index in [-0.39, 0.29) is 22.9 Å². The molecule has 9 heteroatoms. The molecule has 0 aliphatic carbocycles. The number of hydrogen-bond acceptors (Lipinski definition) is 4. The fourth-order valence-corrected chi connectivity index (χ4v) is 4.57. The molecule has 1 aromatic heterocycles. The van der Waals surface area contributed by atoms with E-state index in [0.29, 0.717) is 8.96 Å². The first-order chi connectivity index (χ1) is 11.8. The van der Waals surface area contributed by atoms with E-state index in [2.05, 4.69) is 48.7 Å². The highest BCUT2D eigenvalue weighted by atomic mass is 127. The molecule has 25 heavy (non-hydrogen) atoms. The van der Waals surface area contributed by atoms with Gasteiger partial charge in [-0.2, -0.15) is 0 Å². The summed E-state index contributed by atoms with van der Waals surface area (Å²) in [6.45, 7) is 0. The highest BCUT2D eigenvalue weighted by Gasteiger charge is 2.17. The summed E-state index contributed by atoms with van der Waals surface area (Å²) >= 11 is 7.38. The highest BCUT2D eigenvalue weighted by Crippen LogP contribution is 2.39. The lowest BCUT2D eigenvalue weighted by Crippen LogP contribution is -1.97. The van der Waals surface area contributed by atoms with Crippen LogP contribution in [-0.4, -0.2) is 20.7 Å². The van der Waals surface area contributed by atoms with Crippen LogP contribution < -0.4 is 0 Å². The van der Waals surface area contributed by atoms with Crippen LogP contribution in [0.1, 0.15) is 10.4 Å². The number of rotatable bonds is 2. The second-order valence-corrected chi connectivity index (χ2v) is 8.51. The van der Waals surface area contributed by atoms with Crippen LogP contribution in [0.3, 0.4) is 0 Å². The van der Waals surface area contributed by atoms with Crippen molar-refractivity contribution in [2.24, 2.45) is 17.3 Å². The molecule has 0 unspecified atom stereocenters. The zero-order chi connectivity index (χ0) is 18.3. The number of carbonyl (C=O) groups excluding carboxylic acids is 1. The van der Waals surface area contributed by atoms with Crippen LogP contribution in [0.4, 0.5) is 5.69 Å². The number of phenols is 1. The summed E-state index contributed by atoms with van der Waals surface area (Å²) in [7, 11) is 1.69. The summed E-state index contributed by atoms with van der Waals surface area (Å²) in [4.78, 5) is 12.3. The summed E-state index contributed by atoms with van der Waals surface area (Å²) in [5.74, 6) is -0.902. The van der Waals surface area contributed by atoms with Gasteiger partial charge in [0.15, 0.2) is 5.69 Å². The molecule has 0 spiro atoms. The number of benzene rings is 2. The third kappa shape index (κ3) is 3.53. The number of halogens is 3. The van der Waals surface area contributed by atoms with Crippen LogP contribution in [0.5, 0.6) is 11.6 Å². The van der Waals surface area contributed by atoms with E-state index in [9.17, 15) is 15.0 Å². The molecule has 6 nitrogen and oxygen atoms in total. The standard InChI is InChI=1S/C16H10BrI2N3O3/c1-22-12-3-2-7(17)4-9(12)13(16(22)25)20-21-15(24)10-5-8(18)6-11(19)14(10)23/h2-6,23,25H,1H3. The van der Waals surface area contributed by atoms with Crippen molar-refractivity contribution in [3.63, 3.8) is 0 Å². The molecule has 0 saturated carbocycles. The Hall–Kier alpha value is -1.21. The average Bonchev–Trinajstić information content (AvgIpc) is 2.79. The summed E-state index contributed by atoms with van der Waals surface area (Å²) < 4.78 is 3.74. The minimum atomic E-state index is -0.680. The van der Waals surface area contributed by atoms with Crippen LogP contribution in [0.15, 0.2) is 45.0 Å². The lowest BCUT2D eigenvalue weighted by Gasteiger charge is -2.03. The van der Waals surface area contributed by atoms with Crippen molar-refractivity contribution < 1.29 is 15.0 Å². The molecule has 2 aromatic carbocycles. The number of amides is 1. The van der Waals surface area contributed by atoms with Crippen LogP contribution in [0.25, 0.3) is 10.9 Å².